The van der Waals surface area contributed by atoms with Crippen LogP contribution >= 0.6 is 11.6 Å². The fourth-order valence-electron chi connectivity index (χ4n) is 3.08. The van der Waals surface area contributed by atoms with E-state index in [0.717, 1.165) is 5.56 Å². The lowest BCUT2D eigenvalue weighted by atomic mass is 10.2. The second-order valence-electron chi connectivity index (χ2n) is 6.95. The number of sulfonamides is 1. The number of anilines is 1. The second-order valence-corrected chi connectivity index (χ2v) is 9.32. The maximum absolute atomic E-state index is 13.0. The minimum Gasteiger partial charge on any atom is -0.495 e. The third kappa shape index (κ3) is 5.40. The first-order valence-electron chi connectivity index (χ1n) is 9.41. The van der Waals surface area contributed by atoms with Crippen LogP contribution in [0.2, 0.25) is 5.02 Å². The quantitative estimate of drug-likeness (QED) is 0.686. The highest BCUT2D eigenvalue weighted by Gasteiger charge is 2.28. The largest absolute Gasteiger partial charge is 0.495 e. The van der Waals surface area contributed by atoms with Gasteiger partial charge in [-0.05, 0) is 49.0 Å². The summed E-state index contributed by atoms with van der Waals surface area (Å²) in [6.07, 6.45) is 2.98. The van der Waals surface area contributed by atoms with E-state index in [1.54, 1.807) is 30.3 Å². The van der Waals surface area contributed by atoms with Gasteiger partial charge < -0.3 is 15.0 Å². The number of amides is 1. The molecular formula is C21H24ClN3O4S. The Labute approximate surface area is 181 Å². The molecule has 1 heterocycles. The Bertz CT molecular complexity index is 1050. The third-order valence-corrected chi connectivity index (χ3v) is 6.93. The van der Waals surface area contributed by atoms with E-state index in [-0.39, 0.29) is 10.6 Å². The van der Waals surface area contributed by atoms with Crippen molar-refractivity contribution in [3.8, 4) is 5.75 Å². The van der Waals surface area contributed by atoms with Gasteiger partial charge in [0.15, 0.2) is 0 Å². The lowest BCUT2D eigenvalue weighted by Crippen LogP contribution is -2.47. The monoisotopic (exact) mass is 449 g/mol. The van der Waals surface area contributed by atoms with Gasteiger partial charge in [-0.1, -0.05) is 23.7 Å². The van der Waals surface area contributed by atoms with Crippen molar-refractivity contribution in [3.05, 3.63) is 59.1 Å². The number of carbonyl (C=O) groups excluding carboxylic acids is 1. The van der Waals surface area contributed by atoms with Crippen LogP contribution < -0.4 is 10.1 Å². The molecule has 0 unspecified atom stereocenters. The summed E-state index contributed by atoms with van der Waals surface area (Å²) < 4.78 is 32.7. The van der Waals surface area contributed by atoms with E-state index < -0.39 is 15.9 Å². The van der Waals surface area contributed by atoms with Crippen molar-refractivity contribution in [2.75, 3.05) is 45.7 Å². The van der Waals surface area contributed by atoms with E-state index in [9.17, 15) is 13.2 Å². The van der Waals surface area contributed by atoms with Crippen LogP contribution in [0.3, 0.4) is 0 Å². The fraction of sp³-hybridized carbons (Fsp3) is 0.286. The molecule has 3 rings (SSSR count). The Morgan fingerprint density at radius 2 is 1.87 bits per heavy atom. The molecule has 1 fully saturated rings. The van der Waals surface area contributed by atoms with Crippen LogP contribution in [0.15, 0.2) is 53.4 Å². The Morgan fingerprint density at radius 1 is 1.13 bits per heavy atom. The zero-order valence-electron chi connectivity index (χ0n) is 16.8. The molecule has 1 aliphatic heterocycles. The highest BCUT2D eigenvalue weighted by atomic mass is 35.5. The Balaban J connectivity index is 1.80. The smallest absolute Gasteiger partial charge is 0.248 e. The summed E-state index contributed by atoms with van der Waals surface area (Å²) in [6.45, 7) is 2.20. The molecule has 0 bridgehead atoms. The standard InChI is InChI=1S/C21H24ClN3O4S/c1-24-10-12-25(13-11-24)30(27,28)18-7-8-20(29-2)19(15-18)23-21(26)9-6-16-4-3-5-17(22)14-16/h3-9,14-15H,10-13H2,1-2H3,(H,23,26)/b9-6+. The van der Waals surface area contributed by atoms with Crippen LogP contribution in [0, 0.1) is 0 Å². The second kappa shape index (κ2) is 9.61. The molecule has 9 heteroatoms. The summed E-state index contributed by atoms with van der Waals surface area (Å²) in [5.41, 5.74) is 1.06. The van der Waals surface area contributed by atoms with Crippen molar-refractivity contribution in [1.82, 2.24) is 9.21 Å². The van der Waals surface area contributed by atoms with Crippen LogP contribution in [0.4, 0.5) is 5.69 Å². The molecule has 0 radical (unpaired) electrons. The molecule has 2 aromatic rings. The van der Waals surface area contributed by atoms with Gasteiger partial charge in [-0.2, -0.15) is 4.31 Å². The summed E-state index contributed by atoms with van der Waals surface area (Å²) in [4.78, 5) is 14.6. The number of benzene rings is 2. The number of hydrogen-bond acceptors (Lipinski definition) is 5. The van der Waals surface area contributed by atoms with Crippen LogP contribution in [0.1, 0.15) is 5.56 Å². The van der Waals surface area contributed by atoms with Crippen LogP contribution in [0.25, 0.3) is 6.08 Å². The highest BCUT2D eigenvalue weighted by molar-refractivity contribution is 7.89. The zero-order chi connectivity index (χ0) is 21.7. The molecule has 1 amide bonds. The molecule has 0 saturated carbocycles. The number of likely N-dealkylation sites (N-methyl/N-ethyl adjacent to an activating group) is 1. The van der Waals surface area contributed by atoms with E-state index in [0.29, 0.717) is 37.0 Å². The number of nitrogens with zero attached hydrogens (tertiary/aromatic N) is 2. The van der Waals surface area contributed by atoms with Gasteiger partial charge in [-0.3, -0.25) is 4.79 Å². The van der Waals surface area contributed by atoms with Crippen LogP contribution in [-0.4, -0.2) is 63.9 Å². The Kier molecular flexibility index (Phi) is 7.14. The lowest BCUT2D eigenvalue weighted by Gasteiger charge is -2.31. The first-order chi connectivity index (χ1) is 14.3. The molecule has 1 aliphatic rings. The Hall–Kier alpha value is -2.39. The topological polar surface area (TPSA) is 79.0 Å². The van der Waals surface area contributed by atoms with Crippen molar-refractivity contribution in [2.45, 2.75) is 4.90 Å². The summed E-state index contributed by atoms with van der Waals surface area (Å²) in [6, 6.07) is 11.5. The van der Waals surface area contributed by atoms with E-state index in [4.69, 9.17) is 16.3 Å². The molecule has 30 heavy (non-hydrogen) atoms. The third-order valence-electron chi connectivity index (χ3n) is 4.80. The summed E-state index contributed by atoms with van der Waals surface area (Å²) >= 11 is 5.95. The van der Waals surface area contributed by atoms with Crippen molar-refractivity contribution >= 4 is 39.3 Å². The van der Waals surface area contributed by atoms with E-state index in [1.807, 2.05) is 13.1 Å². The first kappa shape index (κ1) is 22.3. The molecule has 0 atom stereocenters. The average molecular weight is 450 g/mol. The molecule has 0 aliphatic carbocycles. The van der Waals surface area contributed by atoms with Crippen molar-refractivity contribution in [3.63, 3.8) is 0 Å². The zero-order valence-corrected chi connectivity index (χ0v) is 18.4. The van der Waals surface area contributed by atoms with E-state index in [2.05, 4.69) is 10.2 Å². The SMILES string of the molecule is COc1ccc(S(=O)(=O)N2CCN(C)CC2)cc1NC(=O)/C=C/c1cccc(Cl)c1. The lowest BCUT2D eigenvalue weighted by molar-refractivity contribution is -0.111. The minimum absolute atomic E-state index is 0.113. The predicted molar refractivity (Wildman–Crippen MR) is 118 cm³/mol. The maximum atomic E-state index is 13.0. The number of rotatable bonds is 6. The van der Waals surface area contributed by atoms with Crippen molar-refractivity contribution in [1.29, 1.82) is 0 Å². The molecule has 1 saturated heterocycles. The molecule has 1 N–H and O–H groups in total. The first-order valence-corrected chi connectivity index (χ1v) is 11.2. The van der Waals surface area contributed by atoms with Gasteiger partial charge in [0.05, 0.1) is 17.7 Å². The highest BCUT2D eigenvalue weighted by Crippen LogP contribution is 2.29. The number of halogens is 1. The van der Waals surface area contributed by atoms with Gasteiger partial charge in [-0.15, -0.1) is 0 Å². The minimum atomic E-state index is -3.66. The predicted octanol–water partition coefficient (Wildman–Crippen LogP) is 2.94. The fourth-order valence-corrected chi connectivity index (χ4v) is 4.73. The van der Waals surface area contributed by atoms with Gasteiger partial charge in [0.25, 0.3) is 0 Å². The number of methoxy groups -OCH3 is 1. The number of carbonyl (C=O) groups is 1. The van der Waals surface area contributed by atoms with Gasteiger partial charge in [0, 0.05) is 37.3 Å². The molecular weight excluding hydrogens is 426 g/mol. The van der Waals surface area contributed by atoms with Gasteiger partial charge in [-0.25, -0.2) is 8.42 Å². The number of piperazine rings is 1. The van der Waals surface area contributed by atoms with Crippen LogP contribution in [-0.2, 0) is 14.8 Å². The van der Waals surface area contributed by atoms with Crippen LogP contribution in [0.5, 0.6) is 5.75 Å². The summed E-state index contributed by atoms with van der Waals surface area (Å²) in [7, 11) is -0.242. The van der Waals surface area contributed by atoms with Crippen molar-refractivity contribution in [2.24, 2.45) is 0 Å². The number of hydrogen-bond donors (Lipinski definition) is 1. The van der Waals surface area contributed by atoms with Gasteiger partial charge in [0.2, 0.25) is 15.9 Å². The maximum Gasteiger partial charge on any atom is 0.248 e. The number of nitrogens with one attached hydrogen (secondary N) is 1. The number of ether oxygens (including phenoxy) is 1. The molecule has 160 valence electrons. The Morgan fingerprint density at radius 3 is 2.53 bits per heavy atom. The van der Waals surface area contributed by atoms with Crippen molar-refractivity contribution < 1.29 is 17.9 Å². The molecule has 7 nitrogen and oxygen atoms in total. The molecule has 0 spiro atoms. The summed E-state index contributed by atoms with van der Waals surface area (Å²) in [5, 5.41) is 3.26. The average Bonchev–Trinajstić information content (AvgIpc) is 2.72. The van der Waals surface area contributed by atoms with E-state index >= 15 is 0 Å². The van der Waals surface area contributed by atoms with Gasteiger partial charge >= 0.3 is 0 Å². The summed E-state index contributed by atoms with van der Waals surface area (Å²) in [5.74, 6) is -0.0424. The normalized spacial score (nSPS) is 16.0. The van der Waals surface area contributed by atoms with E-state index in [1.165, 1.54) is 29.6 Å². The molecule has 0 aromatic heterocycles. The molecule has 2 aromatic carbocycles. The van der Waals surface area contributed by atoms with Gasteiger partial charge in [0.1, 0.15) is 5.75 Å².